The number of benzene rings is 1. The molecule has 1 aromatic heterocycles. The third-order valence-corrected chi connectivity index (χ3v) is 3.28. The van der Waals surface area contributed by atoms with Crippen LogP contribution in [0.25, 0.3) is 0 Å². The quantitative estimate of drug-likeness (QED) is 0.786. The summed E-state index contributed by atoms with van der Waals surface area (Å²) in [6.07, 6.45) is 1.37. The zero-order valence-corrected chi connectivity index (χ0v) is 13.4. The highest BCUT2D eigenvalue weighted by molar-refractivity contribution is 5.81. The minimum absolute atomic E-state index is 0.0957. The number of hydrogen-bond donors (Lipinski definition) is 1. The van der Waals surface area contributed by atoms with E-state index < -0.39 is 24.3 Å². The van der Waals surface area contributed by atoms with Gasteiger partial charge in [0.1, 0.15) is 5.76 Å². The number of esters is 1. The number of methoxy groups -OCH3 is 1. The predicted octanol–water partition coefficient (Wildman–Crippen LogP) is 2.39. The lowest BCUT2D eigenvalue weighted by atomic mass is 10.1. The SMILES string of the molecule is COc1ccc(CC(=O)OCC(=O)N[C@H](C)c2ccco2)cc1F. The number of carbonyl (C=O) groups is 2. The van der Waals surface area contributed by atoms with Crippen molar-refractivity contribution in [2.45, 2.75) is 19.4 Å². The molecule has 6 nitrogen and oxygen atoms in total. The maximum Gasteiger partial charge on any atom is 0.310 e. The van der Waals surface area contributed by atoms with Crippen LogP contribution < -0.4 is 10.1 Å². The monoisotopic (exact) mass is 335 g/mol. The first kappa shape index (κ1) is 17.5. The Hall–Kier alpha value is -2.83. The maximum absolute atomic E-state index is 13.5. The van der Waals surface area contributed by atoms with Crippen molar-refractivity contribution in [2.24, 2.45) is 0 Å². The van der Waals surface area contributed by atoms with Gasteiger partial charge >= 0.3 is 5.97 Å². The lowest BCUT2D eigenvalue weighted by Crippen LogP contribution is -2.31. The highest BCUT2D eigenvalue weighted by atomic mass is 19.1. The van der Waals surface area contributed by atoms with Gasteiger partial charge in [-0.05, 0) is 36.8 Å². The normalized spacial score (nSPS) is 11.6. The Bertz CT molecular complexity index is 699. The van der Waals surface area contributed by atoms with Crippen molar-refractivity contribution in [3.8, 4) is 5.75 Å². The Balaban J connectivity index is 1.78. The van der Waals surface area contributed by atoms with E-state index in [0.717, 1.165) is 0 Å². The molecule has 0 aliphatic carbocycles. The smallest absolute Gasteiger partial charge is 0.310 e. The van der Waals surface area contributed by atoms with E-state index in [2.05, 4.69) is 5.32 Å². The average Bonchev–Trinajstić information content (AvgIpc) is 3.08. The molecule has 0 aliphatic heterocycles. The summed E-state index contributed by atoms with van der Waals surface area (Å²) in [5, 5.41) is 2.64. The first-order valence-electron chi connectivity index (χ1n) is 7.30. The topological polar surface area (TPSA) is 77.8 Å². The minimum atomic E-state index is -0.625. The van der Waals surface area contributed by atoms with Gasteiger partial charge in [-0.15, -0.1) is 0 Å². The molecule has 0 fully saturated rings. The molecule has 1 heterocycles. The summed E-state index contributed by atoms with van der Waals surface area (Å²) in [5.41, 5.74) is 0.433. The van der Waals surface area contributed by atoms with E-state index in [1.54, 1.807) is 25.1 Å². The van der Waals surface area contributed by atoms with E-state index in [1.165, 1.54) is 25.5 Å². The Kier molecular flexibility index (Phi) is 5.95. The van der Waals surface area contributed by atoms with Crippen LogP contribution in [0.5, 0.6) is 5.75 Å². The van der Waals surface area contributed by atoms with Crippen molar-refractivity contribution in [3.05, 3.63) is 53.7 Å². The second-order valence-corrected chi connectivity index (χ2v) is 5.11. The summed E-state index contributed by atoms with van der Waals surface area (Å²) < 4.78 is 28.4. The fourth-order valence-electron chi connectivity index (χ4n) is 2.08. The van der Waals surface area contributed by atoms with Gasteiger partial charge in [0.25, 0.3) is 5.91 Å². The van der Waals surface area contributed by atoms with E-state index >= 15 is 0 Å². The molecule has 1 atom stereocenters. The van der Waals surface area contributed by atoms with Crippen LogP contribution in [0.3, 0.4) is 0 Å². The fraction of sp³-hybridized carbons (Fsp3) is 0.294. The molecule has 0 radical (unpaired) electrons. The third kappa shape index (κ3) is 4.84. The number of amides is 1. The molecule has 1 amide bonds. The molecule has 0 bridgehead atoms. The first-order chi connectivity index (χ1) is 11.5. The lowest BCUT2D eigenvalue weighted by molar-refractivity contribution is -0.148. The molecule has 0 saturated heterocycles. The van der Waals surface area contributed by atoms with Gasteiger partial charge < -0.3 is 19.2 Å². The molecule has 24 heavy (non-hydrogen) atoms. The van der Waals surface area contributed by atoms with Crippen molar-refractivity contribution in [1.82, 2.24) is 5.32 Å². The van der Waals surface area contributed by atoms with Crippen molar-refractivity contribution < 1.29 is 27.9 Å². The predicted molar refractivity (Wildman–Crippen MR) is 82.9 cm³/mol. The number of nitrogens with one attached hydrogen (secondary N) is 1. The Morgan fingerprint density at radius 3 is 2.75 bits per heavy atom. The van der Waals surface area contributed by atoms with E-state index in [-0.39, 0.29) is 18.2 Å². The molecule has 1 N–H and O–H groups in total. The summed E-state index contributed by atoms with van der Waals surface area (Å²) in [6.45, 7) is 1.33. The second kappa shape index (κ2) is 8.14. The van der Waals surface area contributed by atoms with E-state index in [4.69, 9.17) is 13.9 Å². The van der Waals surface area contributed by atoms with Crippen LogP contribution in [0.4, 0.5) is 4.39 Å². The van der Waals surface area contributed by atoms with Gasteiger partial charge in [0, 0.05) is 0 Å². The molecule has 0 spiro atoms. The average molecular weight is 335 g/mol. The molecular formula is C17H18FNO5. The fourth-order valence-corrected chi connectivity index (χ4v) is 2.08. The summed E-state index contributed by atoms with van der Waals surface area (Å²) in [5.74, 6) is -0.942. The van der Waals surface area contributed by atoms with Gasteiger partial charge in [0.2, 0.25) is 0 Å². The van der Waals surface area contributed by atoms with Gasteiger partial charge in [-0.25, -0.2) is 4.39 Å². The third-order valence-electron chi connectivity index (χ3n) is 3.28. The molecular weight excluding hydrogens is 317 g/mol. The number of hydrogen-bond acceptors (Lipinski definition) is 5. The van der Waals surface area contributed by atoms with Crippen molar-refractivity contribution in [3.63, 3.8) is 0 Å². The van der Waals surface area contributed by atoms with Crippen LogP contribution in [0.1, 0.15) is 24.3 Å². The van der Waals surface area contributed by atoms with Crippen LogP contribution in [0.2, 0.25) is 0 Å². The van der Waals surface area contributed by atoms with Gasteiger partial charge in [-0.3, -0.25) is 9.59 Å². The van der Waals surface area contributed by atoms with Gasteiger partial charge in [-0.2, -0.15) is 0 Å². The van der Waals surface area contributed by atoms with Crippen LogP contribution in [-0.2, 0) is 20.7 Å². The minimum Gasteiger partial charge on any atom is -0.494 e. The summed E-state index contributed by atoms with van der Waals surface area (Å²) >= 11 is 0. The molecule has 7 heteroatoms. The maximum atomic E-state index is 13.5. The van der Waals surface area contributed by atoms with Crippen molar-refractivity contribution in [2.75, 3.05) is 13.7 Å². The van der Waals surface area contributed by atoms with Gasteiger partial charge in [0.05, 0.1) is 25.8 Å². The van der Waals surface area contributed by atoms with Crippen molar-refractivity contribution in [1.29, 1.82) is 0 Å². The van der Waals surface area contributed by atoms with Crippen LogP contribution in [-0.4, -0.2) is 25.6 Å². The second-order valence-electron chi connectivity index (χ2n) is 5.11. The van der Waals surface area contributed by atoms with Gasteiger partial charge in [0.15, 0.2) is 18.2 Å². The number of furan rings is 1. The van der Waals surface area contributed by atoms with E-state index in [9.17, 15) is 14.0 Å². The van der Waals surface area contributed by atoms with Crippen LogP contribution >= 0.6 is 0 Å². The highest BCUT2D eigenvalue weighted by Crippen LogP contribution is 2.18. The van der Waals surface area contributed by atoms with E-state index in [0.29, 0.717) is 11.3 Å². The highest BCUT2D eigenvalue weighted by Gasteiger charge is 2.14. The lowest BCUT2D eigenvalue weighted by Gasteiger charge is -2.11. The standard InChI is InChI=1S/C17H18FNO5/c1-11(14-4-3-7-23-14)19-16(20)10-24-17(21)9-12-5-6-15(22-2)13(18)8-12/h3-8,11H,9-10H2,1-2H3,(H,19,20)/t11-/m1/s1. The Morgan fingerprint density at radius 1 is 1.33 bits per heavy atom. The molecule has 2 rings (SSSR count). The molecule has 0 unspecified atom stereocenters. The Morgan fingerprint density at radius 2 is 2.12 bits per heavy atom. The van der Waals surface area contributed by atoms with Gasteiger partial charge in [-0.1, -0.05) is 6.07 Å². The largest absolute Gasteiger partial charge is 0.494 e. The van der Waals surface area contributed by atoms with Crippen LogP contribution in [0.15, 0.2) is 41.0 Å². The number of rotatable bonds is 7. The first-order valence-corrected chi connectivity index (χ1v) is 7.30. The molecule has 2 aromatic rings. The molecule has 1 aromatic carbocycles. The zero-order valence-electron chi connectivity index (χ0n) is 13.4. The van der Waals surface area contributed by atoms with Crippen LogP contribution in [0, 0.1) is 5.82 Å². The number of halogens is 1. The number of carbonyl (C=O) groups excluding carboxylic acids is 2. The summed E-state index contributed by atoms with van der Waals surface area (Å²) in [7, 11) is 1.36. The van der Waals surface area contributed by atoms with E-state index in [1.807, 2.05) is 0 Å². The number of ether oxygens (including phenoxy) is 2. The Labute approximate surface area is 138 Å². The molecule has 0 saturated carbocycles. The summed E-state index contributed by atoms with van der Waals surface area (Å²) in [4.78, 5) is 23.5. The van der Waals surface area contributed by atoms with Crippen molar-refractivity contribution >= 4 is 11.9 Å². The zero-order chi connectivity index (χ0) is 17.5. The molecule has 128 valence electrons. The molecule has 0 aliphatic rings. The summed E-state index contributed by atoms with van der Waals surface area (Å²) in [6, 6.07) is 7.29.